The molecular formula is C15H22N4. The quantitative estimate of drug-likeness (QED) is 0.866. The van der Waals surface area contributed by atoms with E-state index in [-0.39, 0.29) is 0 Å². The van der Waals surface area contributed by atoms with E-state index in [4.69, 9.17) is 5.73 Å². The van der Waals surface area contributed by atoms with Crippen LogP contribution in [0.5, 0.6) is 0 Å². The fraction of sp³-hybridized carbons (Fsp3) is 0.467. The van der Waals surface area contributed by atoms with Crippen LogP contribution in [0, 0.1) is 0 Å². The maximum absolute atomic E-state index is 5.68. The molecule has 4 nitrogen and oxygen atoms in total. The van der Waals surface area contributed by atoms with Crippen molar-refractivity contribution >= 4 is 0 Å². The summed E-state index contributed by atoms with van der Waals surface area (Å²) >= 11 is 0. The Morgan fingerprint density at radius 2 is 1.89 bits per heavy atom. The topological polar surface area (TPSA) is 56.7 Å². The molecule has 2 N–H and O–H groups in total. The van der Waals surface area contributed by atoms with Crippen LogP contribution in [0.15, 0.2) is 24.3 Å². The Bertz CT molecular complexity index is 513. The average Bonchev–Trinajstić information content (AvgIpc) is 2.88. The van der Waals surface area contributed by atoms with Crippen molar-refractivity contribution in [1.29, 1.82) is 0 Å². The first-order chi connectivity index (χ1) is 9.30. The highest BCUT2D eigenvalue weighted by atomic mass is 15.4. The molecule has 0 saturated heterocycles. The van der Waals surface area contributed by atoms with Crippen LogP contribution in [-0.2, 0) is 19.4 Å². The number of benzene rings is 1. The molecule has 0 amide bonds. The first kappa shape index (κ1) is 13.7. The molecule has 0 saturated carbocycles. The van der Waals surface area contributed by atoms with Crippen molar-refractivity contribution in [2.24, 2.45) is 5.73 Å². The zero-order valence-corrected chi connectivity index (χ0v) is 11.8. The van der Waals surface area contributed by atoms with Gasteiger partial charge in [-0.2, -0.15) is 0 Å². The van der Waals surface area contributed by atoms with Crippen LogP contribution in [0.25, 0.3) is 5.69 Å². The number of hydrogen-bond donors (Lipinski definition) is 1. The molecule has 4 heteroatoms. The Labute approximate surface area is 114 Å². The van der Waals surface area contributed by atoms with Gasteiger partial charge in [-0.25, -0.2) is 4.68 Å². The molecule has 0 aliphatic rings. The third-order valence-corrected chi connectivity index (χ3v) is 3.37. The molecule has 2 rings (SSSR count). The zero-order chi connectivity index (χ0) is 13.7. The molecule has 0 aliphatic heterocycles. The van der Waals surface area contributed by atoms with E-state index in [0.29, 0.717) is 6.54 Å². The summed E-state index contributed by atoms with van der Waals surface area (Å²) < 4.78 is 1.89. The van der Waals surface area contributed by atoms with Gasteiger partial charge in [0.1, 0.15) is 0 Å². The van der Waals surface area contributed by atoms with Crippen molar-refractivity contribution in [3.8, 4) is 5.69 Å². The summed E-state index contributed by atoms with van der Waals surface area (Å²) in [4.78, 5) is 0. The van der Waals surface area contributed by atoms with Crippen LogP contribution in [0.3, 0.4) is 0 Å². The Hall–Kier alpha value is -1.68. The van der Waals surface area contributed by atoms with Crippen LogP contribution in [0.1, 0.15) is 43.6 Å². The summed E-state index contributed by atoms with van der Waals surface area (Å²) in [6, 6.07) is 8.57. The van der Waals surface area contributed by atoms with Gasteiger partial charge in [0.2, 0.25) is 0 Å². The van der Waals surface area contributed by atoms with Crippen LogP contribution < -0.4 is 5.73 Å². The fourth-order valence-corrected chi connectivity index (χ4v) is 2.24. The predicted molar refractivity (Wildman–Crippen MR) is 77.2 cm³/mol. The first-order valence-electron chi connectivity index (χ1n) is 7.03. The van der Waals surface area contributed by atoms with Gasteiger partial charge in [-0.05, 0) is 37.0 Å². The first-order valence-corrected chi connectivity index (χ1v) is 7.03. The molecule has 1 aromatic carbocycles. The van der Waals surface area contributed by atoms with Crippen LogP contribution in [-0.4, -0.2) is 15.0 Å². The third-order valence-electron chi connectivity index (χ3n) is 3.37. The number of hydrogen-bond acceptors (Lipinski definition) is 3. The summed E-state index contributed by atoms with van der Waals surface area (Å²) in [6.45, 7) is 4.76. The van der Waals surface area contributed by atoms with Gasteiger partial charge in [0, 0.05) is 6.54 Å². The number of rotatable bonds is 6. The average molecular weight is 258 g/mol. The van der Waals surface area contributed by atoms with E-state index in [9.17, 15) is 0 Å². The van der Waals surface area contributed by atoms with Crippen molar-refractivity contribution < 1.29 is 0 Å². The molecule has 0 spiro atoms. The maximum atomic E-state index is 5.68. The molecule has 0 radical (unpaired) electrons. The molecule has 0 bridgehead atoms. The Morgan fingerprint density at radius 1 is 1.16 bits per heavy atom. The highest BCUT2D eigenvalue weighted by Gasteiger charge is 2.10. The predicted octanol–water partition coefficient (Wildman–Crippen LogP) is 2.63. The second-order valence-electron chi connectivity index (χ2n) is 4.72. The van der Waals surface area contributed by atoms with Crippen molar-refractivity contribution in [3.05, 3.63) is 41.2 Å². The summed E-state index contributed by atoms with van der Waals surface area (Å²) in [5.74, 6) is 0. The second-order valence-corrected chi connectivity index (χ2v) is 4.72. The summed E-state index contributed by atoms with van der Waals surface area (Å²) in [7, 11) is 0. The number of unbranched alkanes of at least 4 members (excludes halogenated alkanes) is 1. The molecule has 19 heavy (non-hydrogen) atoms. The molecule has 0 fully saturated rings. The van der Waals surface area contributed by atoms with Gasteiger partial charge in [0.05, 0.1) is 17.1 Å². The lowest BCUT2D eigenvalue weighted by Gasteiger charge is -2.07. The van der Waals surface area contributed by atoms with Crippen LogP contribution in [0.2, 0.25) is 0 Å². The highest BCUT2D eigenvalue weighted by Crippen LogP contribution is 2.15. The van der Waals surface area contributed by atoms with Crippen molar-refractivity contribution in [2.45, 2.75) is 46.1 Å². The summed E-state index contributed by atoms with van der Waals surface area (Å²) in [5.41, 5.74) is 10.1. The van der Waals surface area contributed by atoms with E-state index < -0.39 is 0 Å². The van der Waals surface area contributed by atoms with Crippen LogP contribution >= 0.6 is 0 Å². The number of aromatic nitrogens is 3. The van der Waals surface area contributed by atoms with Gasteiger partial charge in [-0.1, -0.05) is 37.6 Å². The molecule has 1 aromatic heterocycles. The lowest BCUT2D eigenvalue weighted by atomic mass is 10.1. The van der Waals surface area contributed by atoms with E-state index in [2.05, 4.69) is 48.4 Å². The minimum absolute atomic E-state index is 0.442. The van der Waals surface area contributed by atoms with E-state index in [1.54, 1.807) is 0 Å². The van der Waals surface area contributed by atoms with Gasteiger partial charge in [0.15, 0.2) is 0 Å². The number of nitrogens with zero attached hydrogens (tertiary/aromatic N) is 3. The van der Waals surface area contributed by atoms with Gasteiger partial charge >= 0.3 is 0 Å². The Balaban J connectivity index is 2.24. The minimum Gasteiger partial charge on any atom is -0.325 e. The minimum atomic E-state index is 0.442. The van der Waals surface area contributed by atoms with E-state index in [1.807, 2.05) is 4.68 Å². The number of nitrogens with two attached hydrogens (primary N) is 1. The molecule has 1 heterocycles. The van der Waals surface area contributed by atoms with Crippen molar-refractivity contribution in [2.75, 3.05) is 0 Å². The van der Waals surface area contributed by atoms with Gasteiger partial charge in [-0.15, -0.1) is 5.10 Å². The zero-order valence-electron chi connectivity index (χ0n) is 11.8. The number of aryl methyl sites for hydroxylation is 1. The van der Waals surface area contributed by atoms with E-state index >= 15 is 0 Å². The highest BCUT2D eigenvalue weighted by molar-refractivity contribution is 5.36. The smallest absolute Gasteiger partial charge is 0.0999 e. The van der Waals surface area contributed by atoms with E-state index in [1.165, 1.54) is 18.4 Å². The third kappa shape index (κ3) is 3.01. The lowest BCUT2D eigenvalue weighted by molar-refractivity contribution is 0.764. The normalized spacial score (nSPS) is 10.9. The SMILES string of the molecule is CCCCc1ccc(-n2nnc(CN)c2CC)cc1. The Morgan fingerprint density at radius 3 is 2.47 bits per heavy atom. The fourth-order valence-electron chi connectivity index (χ4n) is 2.24. The summed E-state index contributed by atoms with van der Waals surface area (Å²) in [5, 5.41) is 8.35. The van der Waals surface area contributed by atoms with Gasteiger partial charge < -0.3 is 5.73 Å². The standard InChI is InChI=1S/C15H22N4/c1-3-5-6-12-7-9-13(10-8-12)19-15(4-2)14(11-16)17-18-19/h7-10H,3-6,11,16H2,1-2H3. The van der Waals surface area contributed by atoms with Crippen molar-refractivity contribution in [3.63, 3.8) is 0 Å². The Kier molecular flexibility index (Phi) is 4.68. The molecule has 2 aromatic rings. The van der Waals surface area contributed by atoms with Crippen LogP contribution in [0.4, 0.5) is 0 Å². The summed E-state index contributed by atoms with van der Waals surface area (Å²) in [6.07, 6.45) is 4.49. The maximum Gasteiger partial charge on any atom is 0.0999 e. The van der Waals surface area contributed by atoms with Gasteiger partial charge in [0.25, 0.3) is 0 Å². The molecule has 0 atom stereocenters. The molecular weight excluding hydrogens is 236 g/mol. The molecule has 0 unspecified atom stereocenters. The van der Waals surface area contributed by atoms with Crippen molar-refractivity contribution in [1.82, 2.24) is 15.0 Å². The monoisotopic (exact) mass is 258 g/mol. The van der Waals surface area contributed by atoms with E-state index in [0.717, 1.165) is 29.9 Å². The lowest BCUT2D eigenvalue weighted by Crippen LogP contribution is -2.05. The molecule has 0 aliphatic carbocycles. The largest absolute Gasteiger partial charge is 0.325 e. The molecule has 102 valence electrons. The van der Waals surface area contributed by atoms with Gasteiger partial charge in [-0.3, -0.25) is 0 Å². The second kappa shape index (κ2) is 6.48.